The summed E-state index contributed by atoms with van der Waals surface area (Å²) in [4.78, 5) is 0. The molecule has 3 rings (SSSR count). The second kappa shape index (κ2) is 5.21. The summed E-state index contributed by atoms with van der Waals surface area (Å²) in [5.74, 6) is 0. The van der Waals surface area contributed by atoms with Gasteiger partial charge in [-0.25, -0.2) is 0 Å². The fraction of sp³-hybridized carbons (Fsp3) is 0.211. The minimum Gasteiger partial charge on any atom is -0.128 e. The number of hydrogen-bond donors (Lipinski definition) is 0. The average Bonchev–Trinajstić information content (AvgIpc) is 2.88. The van der Waals surface area contributed by atoms with Crippen LogP contribution in [-0.2, 0) is 7.05 Å². The van der Waals surface area contributed by atoms with Crippen LogP contribution in [0, 0.1) is 20.7 Å². The molecule has 1 aromatic heterocycles. The Bertz CT molecular complexity index is 818. The van der Waals surface area contributed by atoms with Crippen LogP contribution in [0.1, 0.15) is 18.1 Å². The largest absolute Gasteiger partial charge is 0.238 e. The van der Waals surface area contributed by atoms with E-state index in [1.165, 1.54) is 16.8 Å². The molecular weight excluding hydrogens is 256 g/mol. The fourth-order valence-electron chi connectivity index (χ4n) is 2.82. The van der Waals surface area contributed by atoms with E-state index >= 15 is 0 Å². The van der Waals surface area contributed by atoms with Crippen LogP contribution in [0.15, 0.2) is 54.7 Å². The summed E-state index contributed by atoms with van der Waals surface area (Å²) in [6.45, 7) is 4.53. The van der Waals surface area contributed by atoms with Crippen molar-refractivity contribution in [2.75, 3.05) is 0 Å². The average molecular weight is 278 g/mol. The van der Waals surface area contributed by atoms with Crippen LogP contribution in [0.25, 0.3) is 16.9 Å². The lowest BCUT2D eigenvalue weighted by atomic mass is 10.1. The molecule has 2 heteroatoms. The quantitative estimate of drug-likeness (QED) is 0.629. The summed E-state index contributed by atoms with van der Waals surface area (Å²) >= 11 is 0. The van der Waals surface area contributed by atoms with Crippen LogP contribution in [-0.4, -0.2) is 4.68 Å². The van der Waals surface area contributed by atoms with E-state index in [1.54, 1.807) is 0 Å². The highest BCUT2D eigenvalue weighted by Crippen LogP contribution is 2.21. The van der Waals surface area contributed by atoms with Crippen LogP contribution in [0.3, 0.4) is 0 Å². The van der Waals surface area contributed by atoms with E-state index in [-0.39, 0.29) is 0 Å². The summed E-state index contributed by atoms with van der Waals surface area (Å²) in [7, 11) is 2.07. The Labute approximate surface area is 127 Å². The normalized spacial score (nSPS) is 11.5. The smallest absolute Gasteiger partial charge is 0.128 e. The number of hydrogen-bond acceptors (Lipinski definition) is 0. The van der Waals surface area contributed by atoms with Crippen molar-refractivity contribution in [3.63, 3.8) is 0 Å². The summed E-state index contributed by atoms with van der Waals surface area (Å²) < 4.78 is 11.9. The van der Waals surface area contributed by atoms with E-state index in [4.69, 9.17) is 1.37 Å². The highest BCUT2D eigenvalue weighted by Gasteiger charge is 2.17. The van der Waals surface area contributed by atoms with Crippen molar-refractivity contribution in [3.05, 3.63) is 71.4 Å². The Kier molecular flexibility index (Phi) is 3.07. The van der Waals surface area contributed by atoms with Gasteiger partial charge in [0, 0.05) is 13.0 Å². The first-order valence-corrected chi connectivity index (χ1v) is 7.14. The highest BCUT2D eigenvalue weighted by molar-refractivity contribution is 5.58. The molecule has 0 radical (unpaired) electrons. The molecule has 0 saturated carbocycles. The second-order valence-corrected chi connectivity index (χ2v) is 5.56. The Morgan fingerprint density at radius 3 is 2.52 bits per heavy atom. The molecule has 0 unspecified atom stereocenters. The number of benzene rings is 2. The highest BCUT2D eigenvalue weighted by atomic mass is 15.4. The minimum atomic E-state index is 0.316. The Balaban J connectivity index is 2.12. The van der Waals surface area contributed by atoms with Crippen molar-refractivity contribution in [2.24, 2.45) is 7.05 Å². The van der Waals surface area contributed by atoms with Crippen molar-refractivity contribution in [3.8, 4) is 16.9 Å². The molecule has 21 heavy (non-hydrogen) atoms. The van der Waals surface area contributed by atoms with E-state index in [0.717, 1.165) is 16.8 Å². The fourth-order valence-corrected chi connectivity index (χ4v) is 2.82. The molecule has 0 N–H and O–H groups in total. The van der Waals surface area contributed by atoms with Gasteiger partial charge in [-0.2, -0.15) is 0 Å². The number of aryl methyl sites for hydroxylation is 3. The molecule has 0 aliphatic heterocycles. The van der Waals surface area contributed by atoms with Gasteiger partial charge >= 0.3 is 0 Å². The third kappa shape index (κ3) is 2.49. The van der Waals surface area contributed by atoms with Gasteiger partial charge in [0.2, 0.25) is 5.69 Å². The summed E-state index contributed by atoms with van der Waals surface area (Å²) in [6.07, 6.45) is 2.10. The van der Waals surface area contributed by atoms with Gasteiger partial charge in [-0.15, -0.1) is 9.36 Å². The molecule has 3 aromatic rings. The summed E-state index contributed by atoms with van der Waals surface area (Å²) in [5, 5.41) is 0. The third-order valence-corrected chi connectivity index (χ3v) is 3.84. The standard InChI is InChI=1S/C19H21N2/c1-14-11-15(2)13-17(12-14)19-9-10-21(20(19)4)18-8-6-5-7-16(18)3/h5-13H,1-4H3/q+1/i1D. The molecule has 1 heterocycles. The first-order valence-electron chi connectivity index (χ1n) is 7.84. The lowest BCUT2D eigenvalue weighted by molar-refractivity contribution is -0.734. The monoisotopic (exact) mass is 278 g/mol. The predicted molar refractivity (Wildman–Crippen MR) is 86.6 cm³/mol. The second-order valence-electron chi connectivity index (χ2n) is 5.56. The molecule has 0 fully saturated rings. The lowest BCUT2D eigenvalue weighted by Crippen LogP contribution is -2.39. The minimum absolute atomic E-state index is 0.316. The molecule has 0 amide bonds. The maximum Gasteiger partial charge on any atom is 0.238 e. The van der Waals surface area contributed by atoms with Gasteiger partial charge in [0.1, 0.15) is 5.69 Å². The van der Waals surface area contributed by atoms with Crippen molar-refractivity contribution >= 4 is 0 Å². The van der Waals surface area contributed by atoms with Crippen LogP contribution < -0.4 is 4.68 Å². The SMILES string of the molecule is [2H]Cc1cc(C)cc(-c2ccn(-c3ccccc3C)[n+]2C)c1. The van der Waals surface area contributed by atoms with E-state index in [2.05, 4.69) is 85.0 Å². The van der Waals surface area contributed by atoms with Gasteiger partial charge < -0.3 is 0 Å². The molecule has 0 aliphatic rings. The van der Waals surface area contributed by atoms with Crippen LogP contribution in [0.5, 0.6) is 0 Å². The molecule has 0 spiro atoms. The zero-order chi connectivity index (χ0) is 15.7. The molecule has 0 saturated heterocycles. The van der Waals surface area contributed by atoms with E-state index in [1.807, 2.05) is 0 Å². The van der Waals surface area contributed by atoms with Crippen molar-refractivity contribution < 1.29 is 6.05 Å². The summed E-state index contributed by atoms with van der Waals surface area (Å²) in [5.41, 5.74) is 7.00. The number of nitrogens with zero attached hydrogens (tertiary/aromatic N) is 2. The molecule has 0 aliphatic carbocycles. The zero-order valence-electron chi connectivity index (χ0n) is 13.8. The molecule has 2 nitrogen and oxygen atoms in total. The number of para-hydroxylation sites is 1. The van der Waals surface area contributed by atoms with Gasteiger partial charge in [-0.05, 0) is 44.5 Å². The number of aromatic nitrogens is 2. The van der Waals surface area contributed by atoms with Crippen LogP contribution in [0.2, 0.25) is 0 Å². The maximum absolute atomic E-state index is 7.61. The molecule has 2 aromatic carbocycles. The van der Waals surface area contributed by atoms with Gasteiger partial charge in [0.15, 0.2) is 7.05 Å². The Hall–Kier alpha value is -2.35. The first-order chi connectivity index (χ1) is 10.6. The van der Waals surface area contributed by atoms with Crippen molar-refractivity contribution in [2.45, 2.75) is 20.7 Å². The number of rotatable bonds is 2. The Morgan fingerprint density at radius 2 is 1.76 bits per heavy atom. The van der Waals surface area contributed by atoms with Gasteiger partial charge in [0.25, 0.3) is 0 Å². The maximum atomic E-state index is 7.61. The predicted octanol–water partition coefficient (Wildman–Crippen LogP) is 3.89. The van der Waals surface area contributed by atoms with Gasteiger partial charge in [-0.1, -0.05) is 35.4 Å². The van der Waals surface area contributed by atoms with Crippen LogP contribution >= 0.6 is 0 Å². The van der Waals surface area contributed by atoms with E-state index in [9.17, 15) is 0 Å². The summed E-state index contributed by atoms with van der Waals surface area (Å²) in [6, 6.07) is 16.9. The molecule has 106 valence electrons. The molecule has 0 bridgehead atoms. The third-order valence-electron chi connectivity index (χ3n) is 3.84. The topological polar surface area (TPSA) is 8.81 Å². The zero-order valence-corrected chi connectivity index (χ0v) is 12.8. The van der Waals surface area contributed by atoms with Gasteiger partial charge in [0.05, 0.1) is 6.20 Å². The van der Waals surface area contributed by atoms with Gasteiger partial charge in [-0.3, -0.25) is 0 Å². The Morgan fingerprint density at radius 1 is 1.00 bits per heavy atom. The van der Waals surface area contributed by atoms with E-state index in [0.29, 0.717) is 6.90 Å². The molecular formula is C19H21N2+. The van der Waals surface area contributed by atoms with Crippen LogP contribution in [0.4, 0.5) is 0 Å². The lowest BCUT2D eigenvalue weighted by Gasteiger charge is -2.05. The van der Waals surface area contributed by atoms with Crippen molar-refractivity contribution in [1.82, 2.24) is 4.68 Å². The van der Waals surface area contributed by atoms with E-state index < -0.39 is 0 Å². The molecule has 0 atom stereocenters. The van der Waals surface area contributed by atoms with Crippen molar-refractivity contribution in [1.29, 1.82) is 0 Å². The first kappa shape index (κ1) is 12.4.